The van der Waals surface area contributed by atoms with Crippen LogP contribution in [0.4, 0.5) is 13.2 Å². The lowest BCUT2D eigenvalue weighted by molar-refractivity contribution is -0.140. The van der Waals surface area contributed by atoms with E-state index < -0.39 is 18.7 Å². The van der Waals surface area contributed by atoms with E-state index in [4.69, 9.17) is 10.2 Å². The van der Waals surface area contributed by atoms with E-state index in [1.165, 1.54) is 0 Å². The van der Waals surface area contributed by atoms with Crippen molar-refractivity contribution in [2.24, 2.45) is 0 Å². The van der Waals surface area contributed by atoms with Gasteiger partial charge in [0.1, 0.15) is 0 Å². The third-order valence-corrected chi connectivity index (χ3v) is 1.46. The van der Waals surface area contributed by atoms with Crippen molar-refractivity contribution in [2.75, 3.05) is 6.61 Å². The molecule has 0 aliphatic rings. The van der Waals surface area contributed by atoms with E-state index in [0.717, 1.165) is 0 Å². The highest BCUT2D eigenvalue weighted by Gasteiger charge is 2.27. The number of hydrogen-bond donors (Lipinski definition) is 2. The standard InChI is InChI=1S/C7H13F3O2/c8-7(9,10)4-3-6(12)2-1-5-11/h6,11-12H,1-5H2. The Morgan fingerprint density at radius 1 is 1.17 bits per heavy atom. The Morgan fingerprint density at radius 3 is 2.17 bits per heavy atom. The zero-order valence-corrected chi connectivity index (χ0v) is 6.64. The first-order valence-corrected chi connectivity index (χ1v) is 3.81. The van der Waals surface area contributed by atoms with Crippen molar-refractivity contribution in [1.82, 2.24) is 0 Å². The topological polar surface area (TPSA) is 40.5 Å². The van der Waals surface area contributed by atoms with Gasteiger partial charge in [-0.25, -0.2) is 0 Å². The summed E-state index contributed by atoms with van der Waals surface area (Å²) in [4.78, 5) is 0. The molecule has 0 radical (unpaired) electrons. The van der Waals surface area contributed by atoms with Gasteiger partial charge in [-0.15, -0.1) is 0 Å². The second-order valence-corrected chi connectivity index (χ2v) is 2.67. The molecule has 12 heavy (non-hydrogen) atoms. The molecule has 1 unspecified atom stereocenters. The lowest BCUT2D eigenvalue weighted by Crippen LogP contribution is -2.14. The van der Waals surface area contributed by atoms with Gasteiger partial charge in [0, 0.05) is 13.0 Å². The maximum atomic E-state index is 11.6. The highest BCUT2D eigenvalue weighted by Crippen LogP contribution is 2.22. The normalized spacial score (nSPS) is 14.8. The predicted octanol–water partition coefficient (Wildman–Crippen LogP) is 1.46. The van der Waals surface area contributed by atoms with Gasteiger partial charge < -0.3 is 10.2 Å². The summed E-state index contributed by atoms with van der Waals surface area (Å²) >= 11 is 0. The van der Waals surface area contributed by atoms with Crippen molar-refractivity contribution in [2.45, 2.75) is 38.0 Å². The highest BCUT2D eigenvalue weighted by atomic mass is 19.4. The molecule has 0 aliphatic heterocycles. The van der Waals surface area contributed by atoms with Gasteiger partial charge in [0.05, 0.1) is 6.10 Å². The van der Waals surface area contributed by atoms with Gasteiger partial charge in [0.15, 0.2) is 0 Å². The van der Waals surface area contributed by atoms with Crippen LogP contribution in [0.1, 0.15) is 25.7 Å². The fourth-order valence-electron chi connectivity index (χ4n) is 0.802. The third kappa shape index (κ3) is 7.81. The molecule has 0 fully saturated rings. The van der Waals surface area contributed by atoms with Crippen molar-refractivity contribution in [3.05, 3.63) is 0 Å². The van der Waals surface area contributed by atoms with Gasteiger partial charge in [-0.3, -0.25) is 0 Å². The van der Waals surface area contributed by atoms with Crippen molar-refractivity contribution in [3.63, 3.8) is 0 Å². The molecular formula is C7H13F3O2. The lowest BCUT2D eigenvalue weighted by atomic mass is 10.1. The molecule has 0 bridgehead atoms. The summed E-state index contributed by atoms with van der Waals surface area (Å²) in [5.41, 5.74) is 0. The molecule has 0 amide bonds. The van der Waals surface area contributed by atoms with Gasteiger partial charge >= 0.3 is 6.18 Å². The lowest BCUT2D eigenvalue weighted by Gasteiger charge is -2.10. The number of alkyl halides is 3. The first kappa shape index (κ1) is 11.7. The van der Waals surface area contributed by atoms with Crippen molar-refractivity contribution in [3.8, 4) is 0 Å². The molecule has 0 heterocycles. The van der Waals surface area contributed by atoms with Crippen LogP contribution in [0.15, 0.2) is 0 Å². The summed E-state index contributed by atoms with van der Waals surface area (Å²) in [6.45, 7) is -0.0942. The minimum absolute atomic E-state index is 0.0942. The Balaban J connectivity index is 3.37. The fourth-order valence-corrected chi connectivity index (χ4v) is 0.802. The summed E-state index contributed by atoms with van der Waals surface area (Å²) in [7, 11) is 0. The number of halogens is 3. The van der Waals surface area contributed by atoms with Crippen LogP contribution >= 0.6 is 0 Å². The van der Waals surface area contributed by atoms with Gasteiger partial charge in [-0.05, 0) is 19.3 Å². The predicted molar refractivity (Wildman–Crippen MR) is 37.6 cm³/mol. The van der Waals surface area contributed by atoms with Gasteiger partial charge in [0.2, 0.25) is 0 Å². The largest absolute Gasteiger partial charge is 0.396 e. The third-order valence-electron chi connectivity index (χ3n) is 1.46. The SMILES string of the molecule is OCCCC(O)CCC(F)(F)F. The molecule has 0 aromatic rings. The molecule has 2 nitrogen and oxygen atoms in total. The van der Waals surface area contributed by atoms with Crippen LogP contribution in [0.3, 0.4) is 0 Å². The Labute approximate surface area is 69.0 Å². The zero-order chi connectivity index (χ0) is 9.61. The van der Waals surface area contributed by atoms with Crippen LogP contribution in [-0.2, 0) is 0 Å². The molecular weight excluding hydrogens is 173 g/mol. The summed E-state index contributed by atoms with van der Waals surface area (Å²) < 4.78 is 34.7. The first-order valence-electron chi connectivity index (χ1n) is 3.81. The summed E-state index contributed by atoms with van der Waals surface area (Å²) in [5.74, 6) is 0. The number of hydrogen-bond acceptors (Lipinski definition) is 2. The maximum absolute atomic E-state index is 11.6. The molecule has 0 saturated heterocycles. The number of aliphatic hydroxyl groups excluding tert-OH is 2. The molecule has 0 rings (SSSR count). The van der Waals surface area contributed by atoms with E-state index in [1.807, 2.05) is 0 Å². The van der Waals surface area contributed by atoms with Gasteiger partial charge in [-0.1, -0.05) is 0 Å². The van der Waals surface area contributed by atoms with E-state index >= 15 is 0 Å². The molecule has 0 aliphatic carbocycles. The molecule has 0 spiro atoms. The van der Waals surface area contributed by atoms with Crippen LogP contribution in [-0.4, -0.2) is 29.1 Å². The first-order chi connectivity index (χ1) is 5.45. The van der Waals surface area contributed by atoms with E-state index in [2.05, 4.69) is 0 Å². The Bertz CT molecular complexity index is 114. The van der Waals surface area contributed by atoms with E-state index in [-0.39, 0.29) is 19.4 Å². The number of rotatable bonds is 5. The van der Waals surface area contributed by atoms with Crippen molar-refractivity contribution in [1.29, 1.82) is 0 Å². The minimum Gasteiger partial charge on any atom is -0.396 e. The molecule has 0 saturated carbocycles. The molecule has 0 aromatic heterocycles. The smallest absolute Gasteiger partial charge is 0.389 e. The molecule has 5 heteroatoms. The summed E-state index contributed by atoms with van der Waals surface area (Å²) in [6.07, 6.45) is -5.80. The second kappa shape index (κ2) is 5.37. The molecule has 1 atom stereocenters. The van der Waals surface area contributed by atoms with Gasteiger partial charge in [0.25, 0.3) is 0 Å². The summed E-state index contributed by atoms with van der Waals surface area (Å²) in [6, 6.07) is 0. The molecule has 2 N–H and O–H groups in total. The average molecular weight is 186 g/mol. The molecule has 74 valence electrons. The van der Waals surface area contributed by atoms with Crippen LogP contribution in [0.5, 0.6) is 0 Å². The monoisotopic (exact) mass is 186 g/mol. The maximum Gasteiger partial charge on any atom is 0.389 e. The van der Waals surface area contributed by atoms with Gasteiger partial charge in [-0.2, -0.15) is 13.2 Å². The summed E-state index contributed by atoms with van der Waals surface area (Å²) in [5, 5.41) is 17.2. The Kier molecular flexibility index (Phi) is 5.24. The zero-order valence-electron chi connectivity index (χ0n) is 6.64. The molecule has 0 aromatic carbocycles. The van der Waals surface area contributed by atoms with E-state index in [9.17, 15) is 13.2 Å². The van der Waals surface area contributed by atoms with E-state index in [0.29, 0.717) is 6.42 Å². The van der Waals surface area contributed by atoms with Crippen LogP contribution < -0.4 is 0 Å². The van der Waals surface area contributed by atoms with Crippen molar-refractivity contribution < 1.29 is 23.4 Å². The van der Waals surface area contributed by atoms with Crippen LogP contribution in [0.2, 0.25) is 0 Å². The fraction of sp³-hybridized carbons (Fsp3) is 1.00. The average Bonchev–Trinajstić information content (AvgIpc) is 1.95. The minimum atomic E-state index is -4.19. The van der Waals surface area contributed by atoms with E-state index in [1.54, 1.807) is 0 Å². The quantitative estimate of drug-likeness (QED) is 0.682. The van der Waals surface area contributed by atoms with Crippen molar-refractivity contribution >= 4 is 0 Å². The Hall–Kier alpha value is -0.290. The number of aliphatic hydroxyl groups is 2. The Morgan fingerprint density at radius 2 is 1.75 bits per heavy atom. The van der Waals surface area contributed by atoms with Crippen LogP contribution in [0, 0.1) is 0 Å². The highest BCUT2D eigenvalue weighted by molar-refractivity contribution is 4.59. The second-order valence-electron chi connectivity index (χ2n) is 2.67. The van der Waals surface area contributed by atoms with Crippen LogP contribution in [0.25, 0.3) is 0 Å².